The average Bonchev–Trinajstić information content (AvgIpc) is 2.82. The lowest BCUT2D eigenvalue weighted by Crippen LogP contribution is -2.43. The molecule has 0 aliphatic carbocycles. The van der Waals surface area contributed by atoms with Crippen molar-refractivity contribution < 1.29 is 13.2 Å². The van der Waals surface area contributed by atoms with Crippen LogP contribution in [0.1, 0.15) is 12.0 Å². The highest BCUT2D eigenvalue weighted by molar-refractivity contribution is 14.0. The highest BCUT2D eigenvalue weighted by Gasteiger charge is 2.28. The van der Waals surface area contributed by atoms with Crippen LogP contribution in [-0.2, 0) is 16.4 Å². The molecule has 1 aliphatic heterocycles. The highest BCUT2D eigenvalue weighted by Crippen LogP contribution is 2.25. The molecule has 1 heterocycles. The molecule has 0 aromatic heterocycles. The molecule has 2 N–H and O–H groups in total. The molecule has 0 radical (unpaired) electrons. The number of aliphatic imine (C=N–C) groups is 1. The van der Waals surface area contributed by atoms with Gasteiger partial charge in [-0.2, -0.15) is 0 Å². The Balaban J connectivity index is 0.00000264. The van der Waals surface area contributed by atoms with Crippen LogP contribution in [0, 0.1) is 0 Å². The molecule has 0 saturated carbocycles. The zero-order chi connectivity index (χ0) is 16.2. The van der Waals surface area contributed by atoms with E-state index in [1.165, 1.54) is 0 Å². The van der Waals surface area contributed by atoms with E-state index in [0.717, 1.165) is 15.8 Å². The highest BCUT2D eigenvalue weighted by atomic mass is 127. The maximum absolute atomic E-state index is 11.5. The fourth-order valence-corrected chi connectivity index (χ4v) is 4.56. The third-order valence-corrected chi connectivity index (χ3v) is 5.86. The number of ether oxygens (including phenoxy) is 1. The lowest BCUT2D eigenvalue weighted by molar-refractivity contribution is 0.412. The second-order valence-electron chi connectivity index (χ2n) is 5.14. The fraction of sp³-hybridized carbons (Fsp3) is 0.500. The van der Waals surface area contributed by atoms with Crippen molar-refractivity contribution >= 4 is 55.7 Å². The van der Waals surface area contributed by atoms with E-state index in [1.807, 2.05) is 18.2 Å². The molecule has 9 heteroatoms. The number of nitrogens with zero attached hydrogens (tertiary/aromatic N) is 1. The Morgan fingerprint density at radius 1 is 1.48 bits per heavy atom. The van der Waals surface area contributed by atoms with Gasteiger partial charge in [0.05, 0.1) is 23.1 Å². The molecule has 2 rings (SSSR count). The van der Waals surface area contributed by atoms with Crippen LogP contribution in [0.3, 0.4) is 0 Å². The van der Waals surface area contributed by atoms with Crippen LogP contribution in [0.5, 0.6) is 5.75 Å². The van der Waals surface area contributed by atoms with E-state index in [4.69, 9.17) is 4.74 Å². The maximum atomic E-state index is 11.5. The number of nitrogens with one attached hydrogen (secondary N) is 2. The summed E-state index contributed by atoms with van der Waals surface area (Å²) in [4.78, 5) is 4.13. The first-order valence-corrected chi connectivity index (χ1v) is 9.55. The minimum absolute atomic E-state index is 0. The number of sulfone groups is 1. The van der Waals surface area contributed by atoms with E-state index >= 15 is 0 Å². The van der Waals surface area contributed by atoms with Gasteiger partial charge in [0, 0.05) is 19.6 Å². The van der Waals surface area contributed by atoms with Gasteiger partial charge in [0.15, 0.2) is 15.8 Å². The van der Waals surface area contributed by atoms with Crippen molar-refractivity contribution in [2.24, 2.45) is 4.99 Å². The molecule has 1 saturated heterocycles. The molecule has 1 aromatic rings. The van der Waals surface area contributed by atoms with Gasteiger partial charge in [0.1, 0.15) is 5.75 Å². The minimum Gasteiger partial charge on any atom is -0.496 e. The number of guanidine groups is 1. The monoisotopic (exact) mass is 517 g/mol. The summed E-state index contributed by atoms with van der Waals surface area (Å²) in [6.07, 6.45) is 0.622. The summed E-state index contributed by atoms with van der Waals surface area (Å²) < 4.78 is 29.0. The van der Waals surface area contributed by atoms with Crippen LogP contribution >= 0.6 is 39.9 Å². The van der Waals surface area contributed by atoms with Crippen LogP contribution < -0.4 is 15.4 Å². The Hall–Kier alpha value is -0.550. The Bertz CT molecular complexity index is 667. The maximum Gasteiger partial charge on any atom is 0.191 e. The Kier molecular flexibility index (Phi) is 8.08. The first-order chi connectivity index (χ1) is 10.4. The molecule has 0 bridgehead atoms. The molecule has 130 valence electrons. The zero-order valence-corrected chi connectivity index (χ0v) is 17.7. The van der Waals surface area contributed by atoms with Crippen molar-refractivity contribution in [1.29, 1.82) is 0 Å². The predicted molar refractivity (Wildman–Crippen MR) is 107 cm³/mol. The molecule has 1 fully saturated rings. The molecule has 1 aromatic carbocycles. The number of benzene rings is 1. The lowest BCUT2D eigenvalue weighted by Gasteiger charge is -2.16. The van der Waals surface area contributed by atoms with Gasteiger partial charge < -0.3 is 15.4 Å². The van der Waals surface area contributed by atoms with Gasteiger partial charge >= 0.3 is 0 Å². The minimum atomic E-state index is -2.90. The summed E-state index contributed by atoms with van der Waals surface area (Å²) in [5, 5.41) is 6.34. The van der Waals surface area contributed by atoms with E-state index in [2.05, 4.69) is 31.6 Å². The van der Waals surface area contributed by atoms with Gasteiger partial charge in [-0.3, -0.25) is 4.99 Å². The summed E-state index contributed by atoms with van der Waals surface area (Å²) in [5.41, 5.74) is 1.06. The average molecular weight is 518 g/mol. The first-order valence-electron chi connectivity index (χ1n) is 6.93. The largest absolute Gasteiger partial charge is 0.496 e. The second-order valence-corrected chi connectivity index (χ2v) is 8.22. The van der Waals surface area contributed by atoms with Crippen LogP contribution in [-0.4, -0.2) is 46.1 Å². The summed E-state index contributed by atoms with van der Waals surface area (Å²) in [5.74, 6) is 1.80. The van der Waals surface area contributed by atoms with Gasteiger partial charge in [-0.15, -0.1) is 24.0 Å². The summed E-state index contributed by atoms with van der Waals surface area (Å²) in [6.45, 7) is 0.585. The topological polar surface area (TPSA) is 79.8 Å². The Morgan fingerprint density at radius 3 is 2.74 bits per heavy atom. The standard InChI is InChI=1S/C14H20BrN3O3S.HI/c1-16-14(18-11-5-6-22(19,20)9-11)17-8-10-3-4-13(21-2)12(15)7-10;/h3-4,7,11H,5-6,8-9H2,1-2H3,(H2,16,17,18);1H. The van der Waals surface area contributed by atoms with Gasteiger partial charge in [-0.1, -0.05) is 6.07 Å². The van der Waals surface area contributed by atoms with E-state index in [9.17, 15) is 8.42 Å². The van der Waals surface area contributed by atoms with Gasteiger partial charge in [-0.25, -0.2) is 8.42 Å². The Labute approximate surface area is 162 Å². The van der Waals surface area contributed by atoms with Crippen molar-refractivity contribution in [3.63, 3.8) is 0 Å². The van der Waals surface area contributed by atoms with Crippen LogP contribution in [0.2, 0.25) is 0 Å². The SMILES string of the molecule is CN=C(NCc1ccc(OC)c(Br)c1)NC1CCS(=O)(=O)C1.I. The normalized spacial score (nSPS) is 19.8. The summed E-state index contributed by atoms with van der Waals surface area (Å²) in [6, 6.07) is 5.75. The van der Waals surface area contributed by atoms with Crippen molar-refractivity contribution in [3.8, 4) is 5.75 Å². The lowest BCUT2D eigenvalue weighted by atomic mass is 10.2. The van der Waals surface area contributed by atoms with Crippen molar-refractivity contribution in [3.05, 3.63) is 28.2 Å². The molecule has 1 atom stereocenters. The van der Waals surface area contributed by atoms with Crippen molar-refractivity contribution in [2.75, 3.05) is 25.7 Å². The quantitative estimate of drug-likeness (QED) is 0.362. The molecule has 0 amide bonds. The molecule has 1 aliphatic rings. The van der Waals surface area contributed by atoms with Gasteiger partial charge in [-0.05, 0) is 40.0 Å². The number of halogens is 2. The molecular formula is C14H21BrIN3O3S. The third kappa shape index (κ3) is 6.11. The fourth-order valence-electron chi connectivity index (χ4n) is 2.30. The third-order valence-electron chi connectivity index (χ3n) is 3.47. The van der Waals surface area contributed by atoms with E-state index in [1.54, 1.807) is 14.2 Å². The molecule has 6 nitrogen and oxygen atoms in total. The first kappa shape index (κ1) is 20.5. The summed E-state index contributed by atoms with van der Waals surface area (Å²) >= 11 is 3.45. The van der Waals surface area contributed by atoms with E-state index in [-0.39, 0.29) is 41.5 Å². The van der Waals surface area contributed by atoms with E-state index < -0.39 is 9.84 Å². The number of rotatable bonds is 4. The van der Waals surface area contributed by atoms with E-state index in [0.29, 0.717) is 18.9 Å². The zero-order valence-electron chi connectivity index (χ0n) is 13.0. The van der Waals surface area contributed by atoms with Gasteiger partial charge in [0.2, 0.25) is 0 Å². The Morgan fingerprint density at radius 2 is 2.22 bits per heavy atom. The van der Waals surface area contributed by atoms with Crippen LogP contribution in [0.4, 0.5) is 0 Å². The summed E-state index contributed by atoms with van der Waals surface area (Å²) in [7, 11) is 0.399. The predicted octanol–water partition coefficient (Wildman–Crippen LogP) is 1.93. The van der Waals surface area contributed by atoms with Crippen LogP contribution in [0.25, 0.3) is 0 Å². The van der Waals surface area contributed by atoms with Crippen LogP contribution in [0.15, 0.2) is 27.7 Å². The molecular weight excluding hydrogens is 497 g/mol. The number of methoxy groups -OCH3 is 1. The molecule has 1 unspecified atom stereocenters. The molecule has 23 heavy (non-hydrogen) atoms. The number of hydrogen-bond donors (Lipinski definition) is 2. The smallest absolute Gasteiger partial charge is 0.191 e. The van der Waals surface area contributed by atoms with Crippen molar-refractivity contribution in [2.45, 2.75) is 19.0 Å². The number of hydrogen-bond acceptors (Lipinski definition) is 4. The van der Waals surface area contributed by atoms with Gasteiger partial charge in [0.25, 0.3) is 0 Å². The molecule has 0 spiro atoms. The second kappa shape index (κ2) is 9.07. The van der Waals surface area contributed by atoms with Crippen molar-refractivity contribution in [1.82, 2.24) is 10.6 Å².